The van der Waals surface area contributed by atoms with E-state index in [1.165, 1.54) is 0 Å². The Morgan fingerprint density at radius 1 is 1.67 bits per heavy atom. The molecule has 1 fully saturated rings. The van der Waals surface area contributed by atoms with Crippen LogP contribution in [0.25, 0.3) is 0 Å². The van der Waals surface area contributed by atoms with E-state index in [1.54, 1.807) is 6.26 Å². The molecule has 1 aromatic heterocycles. The fourth-order valence-electron chi connectivity index (χ4n) is 1.37. The summed E-state index contributed by atoms with van der Waals surface area (Å²) in [6, 6.07) is 0. The molecule has 0 amide bonds. The zero-order valence-corrected chi connectivity index (χ0v) is 6.82. The summed E-state index contributed by atoms with van der Waals surface area (Å²) in [6.07, 6.45) is 2.72. The van der Waals surface area contributed by atoms with Gasteiger partial charge in [0.2, 0.25) is 5.89 Å². The molecule has 2 heterocycles. The molecule has 4 heteroatoms. The van der Waals surface area contributed by atoms with Crippen molar-refractivity contribution in [3.63, 3.8) is 0 Å². The number of ether oxygens (including phenoxy) is 1. The largest absolute Gasteiger partial charge is 0.447 e. The van der Waals surface area contributed by atoms with Crippen molar-refractivity contribution in [3.05, 3.63) is 17.8 Å². The monoisotopic (exact) mass is 168 g/mol. The summed E-state index contributed by atoms with van der Waals surface area (Å²) in [5, 5.41) is 0. The fraction of sp³-hybridized carbons (Fsp3) is 0.625. The lowest BCUT2D eigenvalue weighted by atomic mass is 10.1. The van der Waals surface area contributed by atoms with Gasteiger partial charge in [-0.3, -0.25) is 0 Å². The minimum absolute atomic E-state index is 0.369. The van der Waals surface area contributed by atoms with Gasteiger partial charge in [-0.05, 0) is 6.42 Å². The highest BCUT2D eigenvalue weighted by Crippen LogP contribution is 2.23. The second-order valence-corrected chi connectivity index (χ2v) is 2.93. The van der Waals surface area contributed by atoms with Crippen molar-refractivity contribution in [3.8, 4) is 0 Å². The lowest BCUT2D eigenvalue weighted by Gasteiger charge is -1.99. The second-order valence-electron chi connectivity index (χ2n) is 2.93. The van der Waals surface area contributed by atoms with E-state index in [1.807, 2.05) is 0 Å². The molecule has 1 aromatic rings. The lowest BCUT2D eigenvalue weighted by Crippen LogP contribution is -2.00. The highest BCUT2D eigenvalue weighted by molar-refractivity contribution is 5.05. The molecule has 0 aliphatic carbocycles. The van der Waals surface area contributed by atoms with Gasteiger partial charge in [-0.2, -0.15) is 0 Å². The van der Waals surface area contributed by atoms with Crippen molar-refractivity contribution < 1.29 is 9.15 Å². The van der Waals surface area contributed by atoms with Crippen LogP contribution in [0.1, 0.15) is 23.9 Å². The second kappa shape index (κ2) is 3.25. The Labute approximate surface area is 70.7 Å². The van der Waals surface area contributed by atoms with E-state index < -0.39 is 0 Å². The van der Waals surface area contributed by atoms with Gasteiger partial charge in [-0.1, -0.05) is 0 Å². The van der Waals surface area contributed by atoms with Crippen molar-refractivity contribution in [2.24, 2.45) is 5.73 Å². The Kier molecular flexibility index (Phi) is 2.10. The van der Waals surface area contributed by atoms with Gasteiger partial charge < -0.3 is 14.9 Å². The van der Waals surface area contributed by atoms with Crippen LogP contribution >= 0.6 is 0 Å². The van der Waals surface area contributed by atoms with Crippen LogP contribution in [0.5, 0.6) is 0 Å². The van der Waals surface area contributed by atoms with Crippen molar-refractivity contribution >= 4 is 0 Å². The maximum absolute atomic E-state index is 5.37. The number of nitrogens with two attached hydrogens (primary N) is 1. The molecule has 1 aliphatic heterocycles. The molecule has 1 saturated heterocycles. The highest BCUT2D eigenvalue weighted by atomic mass is 16.5. The predicted octanol–water partition coefficient (Wildman–Crippen LogP) is 0.637. The van der Waals surface area contributed by atoms with Crippen LogP contribution in [0.15, 0.2) is 10.7 Å². The molecule has 2 N–H and O–H groups in total. The topological polar surface area (TPSA) is 61.3 Å². The molecule has 0 spiro atoms. The molecular weight excluding hydrogens is 156 g/mol. The van der Waals surface area contributed by atoms with Gasteiger partial charge in [0.05, 0.1) is 18.8 Å². The van der Waals surface area contributed by atoms with Crippen molar-refractivity contribution in [1.29, 1.82) is 0 Å². The van der Waals surface area contributed by atoms with Gasteiger partial charge in [-0.25, -0.2) is 4.98 Å². The van der Waals surface area contributed by atoms with Crippen LogP contribution in [-0.4, -0.2) is 18.2 Å². The number of hydrogen-bond acceptors (Lipinski definition) is 4. The van der Waals surface area contributed by atoms with E-state index in [0.717, 1.165) is 25.3 Å². The number of aromatic nitrogens is 1. The predicted molar refractivity (Wildman–Crippen MR) is 42.6 cm³/mol. The number of hydrogen-bond donors (Lipinski definition) is 1. The fourth-order valence-corrected chi connectivity index (χ4v) is 1.37. The summed E-state index contributed by atoms with van der Waals surface area (Å²) in [7, 11) is 0. The SMILES string of the molecule is NCc1nc(C2CCOC2)co1. The van der Waals surface area contributed by atoms with Crippen LogP contribution in [0.3, 0.4) is 0 Å². The summed E-state index contributed by atoms with van der Waals surface area (Å²) >= 11 is 0. The van der Waals surface area contributed by atoms with Crippen LogP contribution in [-0.2, 0) is 11.3 Å². The lowest BCUT2D eigenvalue weighted by molar-refractivity contribution is 0.193. The number of nitrogens with zero attached hydrogens (tertiary/aromatic N) is 1. The van der Waals surface area contributed by atoms with Crippen LogP contribution in [0, 0.1) is 0 Å². The normalized spacial score (nSPS) is 23.2. The molecule has 66 valence electrons. The summed E-state index contributed by atoms with van der Waals surface area (Å²) in [4.78, 5) is 4.24. The minimum Gasteiger partial charge on any atom is -0.447 e. The van der Waals surface area contributed by atoms with Crippen molar-refractivity contribution in [2.75, 3.05) is 13.2 Å². The van der Waals surface area contributed by atoms with E-state index >= 15 is 0 Å². The standard InChI is InChI=1S/C8H12N2O2/c9-3-8-10-7(5-12-8)6-1-2-11-4-6/h5-6H,1-4,9H2. The van der Waals surface area contributed by atoms with E-state index in [-0.39, 0.29) is 0 Å². The summed E-state index contributed by atoms with van der Waals surface area (Å²) in [5.74, 6) is 1.02. The molecule has 0 bridgehead atoms. The Hall–Kier alpha value is -0.870. The average Bonchev–Trinajstić information content (AvgIpc) is 2.75. The van der Waals surface area contributed by atoms with Gasteiger partial charge in [-0.15, -0.1) is 0 Å². The van der Waals surface area contributed by atoms with E-state index in [0.29, 0.717) is 18.4 Å². The third-order valence-corrected chi connectivity index (χ3v) is 2.09. The molecular formula is C8H12N2O2. The molecule has 1 aliphatic rings. The number of oxazole rings is 1. The first kappa shape index (κ1) is 7.76. The maximum Gasteiger partial charge on any atom is 0.207 e. The molecule has 0 saturated carbocycles. The van der Waals surface area contributed by atoms with Gasteiger partial charge >= 0.3 is 0 Å². The molecule has 0 aromatic carbocycles. The van der Waals surface area contributed by atoms with Crippen LogP contribution in [0.4, 0.5) is 0 Å². The highest BCUT2D eigenvalue weighted by Gasteiger charge is 2.20. The minimum atomic E-state index is 0.369. The Bertz CT molecular complexity index is 253. The Morgan fingerprint density at radius 3 is 3.17 bits per heavy atom. The first-order valence-electron chi connectivity index (χ1n) is 4.12. The molecule has 1 unspecified atom stereocenters. The Balaban J connectivity index is 2.11. The third-order valence-electron chi connectivity index (χ3n) is 2.09. The zero-order valence-electron chi connectivity index (χ0n) is 6.82. The number of rotatable bonds is 2. The third kappa shape index (κ3) is 1.35. The van der Waals surface area contributed by atoms with Gasteiger partial charge in [0, 0.05) is 12.5 Å². The van der Waals surface area contributed by atoms with E-state index in [4.69, 9.17) is 14.9 Å². The Morgan fingerprint density at radius 2 is 2.58 bits per heavy atom. The van der Waals surface area contributed by atoms with Gasteiger partial charge in [0.25, 0.3) is 0 Å². The van der Waals surface area contributed by atoms with E-state index in [2.05, 4.69) is 4.98 Å². The molecule has 0 radical (unpaired) electrons. The van der Waals surface area contributed by atoms with Crippen molar-refractivity contribution in [1.82, 2.24) is 4.98 Å². The quantitative estimate of drug-likeness (QED) is 0.703. The van der Waals surface area contributed by atoms with Crippen LogP contribution in [0.2, 0.25) is 0 Å². The van der Waals surface area contributed by atoms with Gasteiger partial charge in [0.15, 0.2) is 0 Å². The van der Waals surface area contributed by atoms with Crippen molar-refractivity contribution in [2.45, 2.75) is 18.9 Å². The first-order chi connectivity index (χ1) is 5.90. The maximum atomic E-state index is 5.37. The molecule has 1 atom stereocenters. The van der Waals surface area contributed by atoms with Crippen LogP contribution < -0.4 is 5.73 Å². The summed E-state index contributed by atoms with van der Waals surface area (Å²) < 4.78 is 10.4. The molecule has 2 rings (SSSR count). The summed E-state index contributed by atoms with van der Waals surface area (Å²) in [6.45, 7) is 1.96. The smallest absolute Gasteiger partial charge is 0.207 e. The van der Waals surface area contributed by atoms with Gasteiger partial charge in [0.1, 0.15) is 6.26 Å². The molecule has 4 nitrogen and oxygen atoms in total. The zero-order chi connectivity index (χ0) is 8.39. The first-order valence-corrected chi connectivity index (χ1v) is 4.12. The summed E-state index contributed by atoms with van der Waals surface area (Å²) in [5.41, 5.74) is 6.35. The average molecular weight is 168 g/mol. The molecule has 12 heavy (non-hydrogen) atoms. The van der Waals surface area contributed by atoms with E-state index in [9.17, 15) is 0 Å².